The molecule has 1 unspecified atom stereocenters. The standard InChI is InChI=1S/C13H25NO2/c1-5-13(3,12(15)16)14(4)11-8-6-10(2)7-9-11/h10-11H,5-9H2,1-4H3,(H,15,16). The molecule has 0 bridgehead atoms. The lowest BCUT2D eigenvalue weighted by Crippen LogP contribution is -2.55. The molecule has 1 N–H and O–H groups in total. The van der Waals surface area contributed by atoms with Gasteiger partial charge in [0.25, 0.3) is 0 Å². The van der Waals surface area contributed by atoms with E-state index in [0.29, 0.717) is 12.5 Å². The van der Waals surface area contributed by atoms with E-state index in [2.05, 4.69) is 11.8 Å². The number of rotatable bonds is 4. The summed E-state index contributed by atoms with van der Waals surface area (Å²) < 4.78 is 0. The molecule has 0 amide bonds. The molecule has 0 aliphatic heterocycles. The van der Waals surface area contributed by atoms with Crippen molar-refractivity contribution >= 4 is 5.97 Å². The molecule has 1 rings (SSSR count). The molecule has 1 aliphatic rings. The first-order chi connectivity index (χ1) is 7.41. The lowest BCUT2D eigenvalue weighted by molar-refractivity contribution is -0.152. The quantitative estimate of drug-likeness (QED) is 0.803. The first-order valence-corrected chi connectivity index (χ1v) is 6.38. The van der Waals surface area contributed by atoms with Crippen molar-refractivity contribution in [2.75, 3.05) is 7.05 Å². The van der Waals surface area contributed by atoms with E-state index in [1.807, 2.05) is 20.9 Å². The van der Waals surface area contributed by atoms with E-state index in [-0.39, 0.29) is 0 Å². The Balaban J connectivity index is 2.68. The van der Waals surface area contributed by atoms with E-state index in [0.717, 1.165) is 18.8 Å². The summed E-state index contributed by atoms with van der Waals surface area (Å²) in [6.45, 7) is 6.08. The highest BCUT2D eigenvalue weighted by Crippen LogP contribution is 2.31. The summed E-state index contributed by atoms with van der Waals surface area (Å²) in [5, 5.41) is 9.34. The van der Waals surface area contributed by atoms with Crippen molar-refractivity contribution in [2.24, 2.45) is 5.92 Å². The summed E-state index contributed by atoms with van der Waals surface area (Å²) >= 11 is 0. The van der Waals surface area contributed by atoms with E-state index in [9.17, 15) is 9.90 Å². The van der Waals surface area contributed by atoms with Gasteiger partial charge >= 0.3 is 5.97 Å². The largest absolute Gasteiger partial charge is 0.480 e. The van der Waals surface area contributed by atoms with E-state index in [1.54, 1.807) is 0 Å². The van der Waals surface area contributed by atoms with Gasteiger partial charge in [-0.2, -0.15) is 0 Å². The van der Waals surface area contributed by atoms with Crippen LogP contribution in [0.15, 0.2) is 0 Å². The van der Waals surface area contributed by atoms with Gasteiger partial charge < -0.3 is 5.11 Å². The molecule has 94 valence electrons. The minimum absolute atomic E-state index is 0.442. The van der Waals surface area contributed by atoms with Crippen LogP contribution in [0.5, 0.6) is 0 Å². The number of carboxylic acids is 1. The van der Waals surface area contributed by atoms with Crippen molar-refractivity contribution in [3.8, 4) is 0 Å². The normalized spacial score (nSPS) is 30.1. The van der Waals surface area contributed by atoms with Gasteiger partial charge in [-0.1, -0.05) is 13.8 Å². The average molecular weight is 227 g/mol. The second-order valence-electron chi connectivity index (χ2n) is 5.46. The van der Waals surface area contributed by atoms with Crippen LogP contribution in [0.1, 0.15) is 52.9 Å². The van der Waals surface area contributed by atoms with E-state index in [1.165, 1.54) is 12.8 Å². The van der Waals surface area contributed by atoms with Crippen molar-refractivity contribution in [3.05, 3.63) is 0 Å². The summed E-state index contributed by atoms with van der Waals surface area (Å²) in [4.78, 5) is 13.4. The van der Waals surface area contributed by atoms with Gasteiger partial charge in [0.15, 0.2) is 0 Å². The topological polar surface area (TPSA) is 40.5 Å². The van der Waals surface area contributed by atoms with Crippen molar-refractivity contribution in [3.63, 3.8) is 0 Å². The monoisotopic (exact) mass is 227 g/mol. The maximum Gasteiger partial charge on any atom is 0.323 e. The molecule has 1 fully saturated rings. The Morgan fingerprint density at radius 1 is 1.38 bits per heavy atom. The van der Waals surface area contributed by atoms with Crippen molar-refractivity contribution in [1.29, 1.82) is 0 Å². The highest BCUT2D eigenvalue weighted by Gasteiger charge is 2.39. The summed E-state index contributed by atoms with van der Waals surface area (Å²) in [6.07, 6.45) is 5.40. The molecule has 3 heteroatoms. The third-order valence-corrected chi connectivity index (χ3v) is 4.46. The molecule has 0 aromatic carbocycles. The molecule has 1 atom stereocenters. The van der Waals surface area contributed by atoms with E-state index in [4.69, 9.17) is 0 Å². The smallest absolute Gasteiger partial charge is 0.323 e. The Morgan fingerprint density at radius 2 is 1.88 bits per heavy atom. The molecule has 0 spiro atoms. The average Bonchev–Trinajstić information content (AvgIpc) is 2.27. The van der Waals surface area contributed by atoms with E-state index < -0.39 is 11.5 Å². The summed E-state index contributed by atoms with van der Waals surface area (Å²) in [7, 11) is 1.97. The van der Waals surface area contributed by atoms with Crippen LogP contribution in [0.2, 0.25) is 0 Å². The number of carbonyl (C=O) groups is 1. The van der Waals surface area contributed by atoms with Gasteiger partial charge in [0.2, 0.25) is 0 Å². The minimum atomic E-state index is -0.703. The van der Waals surface area contributed by atoms with Crippen LogP contribution in [0, 0.1) is 5.92 Å². The van der Waals surface area contributed by atoms with Gasteiger partial charge in [0, 0.05) is 6.04 Å². The van der Waals surface area contributed by atoms with E-state index >= 15 is 0 Å². The molecule has 3 nitrogen and oxygen atoms in total. The fraction of sp³-hybridized carbons (Fsp3) is 0.923. The molecular formula is C13H25NO2. The molecule has 0 aromatic heterocycles. The number of nitrogens with zero attached hydrogens (tertiary/aromatic N) is 1. The SMILES string of the molecule is CCC(C)(C(=O)O)N(C)C1CCC(C)CC1. The van der Waals surface area contributed by atoms with Crippen LogP contribution < -0.4 is 0 Å². The van der Waals surface area contributed by atoms with Crippen LogP contribution >= 0.6 is 0 Å². The molecule has 0 radical (unpaired) electrons. The summed E-state index contributed by atoms with van der Waals surface area (Å²) in [5.74, 6) is 0.110. The second-order valence-corrected chi connectivity index (χ2v) is 5.46. The van der Waals surface area contributed by atoms with Gasteiger partial charge in [0.1, 0.15) is 5.54 Å². The first kappa shape index (κ1) is 13.5. The fourth-order valence-corrected chi connectivity index (χ4v) is 2.58. The third-order valence-electron chi connectivity index (χ3n) is 4.46. The highest BCUT2D eigenvalue weighted by atomic mass is 16.4. The zero-order valence-electron chi connectivity index (χ0n) is 11.0. The van der Waals surface area contributed by atoms with Crippen LogP contribution in [0.4, 0.5) is 0 Å². The summed E-state index contributed by atoms with van der Waals surface area (Å²) in [5.41, 5.74) is -0.703. The van der Waals surface area contributed by atoms with Gasteiger partial charge in [-0.25, -0.2) is 0 Å². The van der Waals surface area contributed by atoms with Crippen LogP contribution in [0.3, 0.4) is 0 Å². The zero-order valence-corrected chi connectivity index (χ0v) is 11.0. The van der Waals surface area contributed by atoms with Gasteiger partial charge in [-0.3, -0.25) is 9.69 Å². The number of hydrogen-bond donors (Lipinski definition) is 1. The molecule has 16 heavy (non-hydrogen) atoms. The Labute approximate surface area is 98.8 Å². The predicted molar refractivity (Wildman–Crippen MR) is 65.5 cm³/mol. The first-order valence-electron chi connectivity index (χ1n) is 6.38. The van der Waals surface area contributed by atoms with Crippen molar-refractivity contribution < 1.29 is 9.90 Å². The minimum Gasteiger partial charge on any atom is -0.480 e. The van der Waals surface area contributed by atoms with Crippen LogP contribution in [-0.4, -0.2) is 34.6 Å². The third kappa shape index (κ3) is 2.57. The number of hydrogen-bond acceptors (Lipinski definition) is 2. The lowest BCUT2D eigenvalue weighted by atomic mass is 9.84. The van der Waals surface area contributed by atoms with Crippen LogP contribution in [-0.2, 0) is 4.79 Å². The zero-order chi connectivity index (χ0) is 12.3. The Morgan fingerprint density at radius 3 is 2.25 bits per heavy atom. The van der Waals surface area contributed by atoms with Crippen molar-refractivity contribution in [2.45, 2.75) is 64.5 Å². The Hall–Kier alpha value is -0.570. The Bertz CT molecular complexity index is 246. The molecule has 0 heterocycles. The second kappa shape index (κ2) is 5.17. The maximum absolute atomic E-state index is 11.4. The van der Waals surface area contributed by atoms with Crippen molar-refractivity contribution in [1.82, 2.24) is 4.90 Å². The maximum atomic E-state index is 11.4. The number of likely N-dealkylation sites (N-methyl/N-ethyl adjacent to an activating group) is 1. The van der Waals surface area contributed by atoms with Crippen LogP contribution in [0.25, 0.3) is 0 Å². The van der Waals surface area contributed by atoms with Gasteiger partial charge in [0.05, 0.1) is 0 Å². The van der Waals surface area contributed by atoms with Gasteiger partial charge in [-0.05, 0) is 52.0 Å². The van der Waals surface area contributed by atoms with Gasteiger partial charge in [-0.15, -0.1) is 0 Å². The Kier molecular flexibility index (Phi) is 4.36. The number of aliphatic carboxylic acids is 1. The molecule has 1 aliphatic carbocycles. The summed E-state index contributed by atoms with van der Waals surface area (Å²) in [6, 6.07) is 0.442. The number of carboxylic acid groups (broad SMARTS) is 1. The molecule has 0 aromatic rings. The molecular weight excluding hydrogens is 202 g/mol. The fourth-order valence-electron chi connectivity index (χ4n) is 2.58. The molecule has 1 saturated carbocycles. The molecule has 0 saturated heterocycles. The highest BCUT2D eigenvalue weighted by molar-refractivity contribution is 5.78. The lowest BCUT2D eigenvalue weighted by Gasteiger charge is -2.42. The predicted octanol–water partition coefficient (Wildman–Crippen LogP) is 2.75.